The summed E-state index contributed by atoms with van der Waals surface area (Å²) in [7, 11) is 1.72. The molecular formula is C14H24N4O2. The van der Waals surface area contributed by atoms with E-state index >= 15 is 0 Å². The lowest BCUT2D eigenvalue weighted by molar-refractivity contribution is 0.0873. The summed E-state index contributed by atoms with van der Waals surface area (Å²) in [5, 5.41) is 16.7. The number of amides is 1. The van der Waals surface area contributed by atoms with Crippen LogP contribution in [-0.4, -0.2) is 33.9 Å². The largest absolute Gasteiger partial charge is 0.396 e. The molecule has 0 spiro atoms. The van der Waals surface area contributed by atoms with E-state index < -0.39 is 0 Å². The number of carbonyl (C=O) groups excluding carboxylic acids is 1. The Labute approximate surface area is 119 Å². The molecule has 6 heteroatoms. The fourth-order valence-corrected chi connectivity index (χ4v) is 2.99. The highest BCUT2D eigenvalue weighted by atomic mass is 16.3. The first-order valence-corrected chi connectivity index (χ1v) is 7.23. The third-order valence-electron chi connectivity index (χ3n) is 4.33. The van der Waals surface area contributed by atoms with Crippen molar-refractivity contribution in [3.63, 3.8) is 0 Å². The molecule has 4 N–H and O–H groups in total. The first-order chi connectivity index (χ1) is 9.53. The van der Waals surface area contributed by atoms with Gasteiger partial charge in [-0.05, 0) is 19.3 Å². The summed E-state index contributed by atoms with van der Waals surface area (Å²) in [5.74, 6) is -0.211. The zero-order chi connectivity index (χ0) is 14.8. The van der Waals surface area contributed by atoms with Crippen LogP contribution >= 0.6 is 0 Å². The van der Waals surface area contributed by atoms with Crippen LogP contribution in [0.25, 0.3) is 0 Å². The van der Waals surface area contributed by atoms with Crippen molar-refractivity contribution < 1.29 is 9.90 Å². The van der Waals surface area contributed by atoms with Crippen LogP contribution in [0.4, 0.5) is 5.69 Å². The highest BCUT2D eigenvalue weighted by Crippen LogP contribution is 2.37. The predicted molar refractivity (Wildman–Crippen MR) is 77.3 cm³/mol. The maximum Gasteiger partial charge on any atom is 0.271 e. The molecule has 0 saturated heterocycles. The number of aromatic nitrogens is 2. The number of nitrogen functional groups attached to an aromatic ring is 1. The zero-order valence-corrected chi connectivity index (χ0v) is 12.3. The summed E-state index contributed by atoms with van der Waals surface area (Å²) in [6, 6.07) is 0. The van der Waals surface area contributed by atoms with Crippen LogP contribution in [-0.2, 0) is 13.5 Å². The van der Waals surface area contributed by atoms with E-state index in [0.717, 1.165) is 31.4 Å². The summed E-state index contributed by atoms with van der Waals surface area (Å²) >= 11 is 0. The molecule has 6 nitrogen and oxygen atoms in total. The van der Waals surface area contributed by atoms with Crippen molar-refractivity contribution in [1.29, 1.82) is 0 Å². The summed E-state index contributed by atoms with van der Waals surface area (Å²) in [5.41, 5.74) is 7.43. The number of anilines is 1. The molecule has 112 valence electrons. The van der Waals surface area contributed by atoms with Gasteiger partial charge in [-0.1, -0.05) is 19.8 Å². The van der Waals surface area contributed by atoms with E-state index in [-0.39, 0.29) is 17.9 Å². The van der Waals surface area contributed by atoms with E-state index in [1.54, 1.807) is 7.05 Å². The van der Waals surface area contributed by atoms with Gasteiger partial charge in [0.05, 0.1) is 18.0 Å². The van der Waals surface area contributed by atoms with Gasteiger partial charge in [-0.15, -0.1) is 0 Å². The van der Waals surface area contributed by atoms with Gasteiger partial charge in [0.2, 0.25) is 0 Å². The van der Waals surface area contributed by atoms with E-state index in [4.69, 9.17) is 5.73 Å². The summed E-state index contributed by atoms with van der Waals surface area (Å²) in [6.45, 7) is 2.57. The van der Waals surface area contributed by atoms with Crippen molar-refractivity contribution in [3.8, 4) is 0 Å². The number of aliphatic hydroxyl groups excluding tert-OH is 1. The molecule has 1 aromatic rings. The van der Waals surface area contributed by atoms with Crippen LogP contribution < -0.4 is 11.1 Å². The Morgan fingerprint density at radius 3 is 2.65 bits per heavy atom. The first-order valence-electron chi connectivity index (χ1n) is 7.23. The predicted octanol–water partition coefficient (Wildman–Crippen LogP) is 0.847. The Morgan fingerprint density at radius 2 is 2.15 bits per heavy atom. The number of hydrogen-bond acceptors (Lipinski definition) is 4. The molecule has 0 radical (unpaired) electrons. The van der Waals surface area contributed by atoms with E-state index in [2.05, 4.69) is 10.4 Å². The van der Waals surface area contributed by atoms with Gasteiger partial charge >= 0.3 is 0 Å². The maximum absolute atomic E-state index is 12.3. The Balaban J connectivity index is 2.07. The first kappa shape index (κ1) is 14.8. The van der Waals surface area contributed by atoms with E-state index in [1.807, 2.05) is 6.92 Å². The zero-order valence-electron chi connectivity index (χ0n) is 12.3. The van der Waals surface area contributed by atoms with Crippen LogP contribution in [0.1, 0.15) is 48.8 Å². The molecule has 1 heterocycles. The van der Waals surface area contributed by atoms with Gasteiger partial charge in [0, 0.05) is 19.0 Å². The minimum absolute atomic E-state index is 0.119. The van der Waals surface area contributed by atoms with Crippen LogP contribution in [0.5, 0.6) is 0 Å². The quantitative estimate of drug-likeness (QED) is 0.745. The Kier molecular flexibility index (Phi) is 4.32. The lowest BCUT2D eigenvalue weighted by atomic mass is 9.87. The second-order valence-corrected chi connectivity index (χ2v) is 5.73. The van der Waals surface area contributed by atoms with Gasteiger partial charge in [-0.3, -0.25) is 9.48 Å². The van der Waals surface area contributed by atoms with E-state index in [1.165, 1.54) is 4.68 Å². The minimum atomic E-state index is -0.211. The second kappa shape index (κ2) is 5.83. The number of carbonyl (C=O) groups is 1. The van der Waals surface area contributed by atoms with Crippen molar-refractivity contribution in [2.75, 3.05) is 18.9 Å². The molecule has 1 aliphatic carbocycles. The van der Waals surface area contributed by atoms with Gasteiger partial charge in [0.25, 0.3) is 5.91 Å². The van der Waals surface area contributed by atoms with Crippen molar-refractivity contribution >= 4 is 11.6 Å². The minimum Gasteiger partial charge on any atom is -0.396 e. The van der Waals surface area contributed by atoms with Gasteiger partial charge in [-0.2, -0.15) is 5.10 Å². The SMILES string of the molecule is CCc1nn(C)c(C(=O)NCC2(CO)CCCC2)c1N. The van der Waals surface area contributed by atoms with Gasteiger partial charge in [0.15, 0.2) is 0 Å². The molecule has 20 heavy (non-hydrogen) atoms. The molecule has 1 fully saturated rings. The third kappa shape index (κ3) is 2.65. The van der Waals surface area contributed by atoms with Crippen LogP contribution in [0.3, 0.4) is 0 Å². The van der Waals surface area contributed by atoms with Crippen LogP contribution in [0.15, 0.2) is 0 Å². The highest BCUT2D eigenvalue weighted by molar-refractivity contribution is 5.98. The average molecular weight is 280 g/mol. The number of aryl methyl sites for hydroxylation is 2. The lowest BCUT2D eigenvalue weighted by Crippen LogP contribution is -2.39. The molecule has 1 saturated carbocycles. The van der Waals surface area contributed by atoms with Crippen molar-refractivity contribution in [1.82, 2.24) is 15.1 Å². The Morgan fingerprint density at radius 1 is 1.50 bits per heavy atom. The van der Waals surface area contributed by atoms with E-state index in [0.29, 0.717) is 24.3 Å². The van der Waals surface area contributed by atoms with E-state index in [9.17, 15) is 9.90 Å². The van der Waals surface area contributed by atoms with Gasteiger partial charge in [0.1, 0.15) is 5.69 Å². The second-order valence-electron chi connectivity index (χ2n) is 5.73. The maximum atomic E-state index is 12.3. The fourth-order valence-electron chi connectivity index (χ4n) is 2.99. The number of nitrogens with two attached hydrogens (primary N) is 1. The van der Waals surface area contributed by atoms with Gasteiger partial charge < -0.3 is 16.2 Å². The molecule has 1 aromatic heterocycles. The number of rotatable bonds is 5. The number of hydrogen-bond donors (Lipinski definition) is 3. The topological polar surface area (TPSA) is 93.2 Å². The van der Waals surface area contributed by atoms with Crippen LogP contribution in [0, 0.1) is 5.41 Å². The standard InChI is InChI=1S/C14H24N4O2/c1-3-10-11(15)12(18(2)17-10)13(20)16-8-14(9-19)6-4-5-7-14/h19H,3-9,15H2,1-2H3,(H,16,20). The fraction of sp³-hybridized carbons (Fsp3) is 0.714. The van der Waals surface area contributed by atoms with Crippen LogP contribution in [0.2, 0.25) is 0 Å². The molecule has 2 rings (SSSR count). The van der Waals surface area contributed by atoms with Crippen molar-refractivity contribution in [2.24, 2.45) is 12.5 Å². The Hall–Kier alpha value is -1.56. The molecule has 0 aliphatic heterocycles. The molecule has 0 unspecified atom stereocenters. The lowest BCUT2D eigenvalue weighted by Gasteiger charge is -2.26. The molecule has 0 atom stereocenters. The summed E-state index contributed by atoms with van der Waals surface area (Å²) in [6.07, 6.45) is 4.86. The molecule has 1 aliphatic rings. The number of nitrogens with one attached hydrogen (secondary N) is 1. The molecule has 0 aromatic carbocycles. The normalized spacial score (nSPS) is 17.4. The van der Waals surface area contributed by atoms with Gasteiger partial charge in [-0.25, -0.2) is 0 Å². The smallest absolute Gasteiger partial charge is 0.271 e. The van der Waals surface area contributed by atoms with Crippen molar-refractivity contribution in [3.05, 3.63) is 11.4 Å². The Bertz CT molecular complexity index is 490. The highest BCUT2D eigenvalue weighted by Gasteiger charge is 2.34. The number of aliphatic hydroxyl groups is 1. The molecule has 1 amide bonds. The number of nitrogens with zero attached hydrogens (tertiary/aromatic N) is 2. The molecular weight excluding hydrogens is 256 g/mol. The molecule has 0 bridgehead atoms. The van der Waals surface area contributed by atoms with Crippen molar-refractivity contribution in [2.45, 2.75) is 39.0 Å². The summed E-state index contributed by atoms with van der Waals surface area (Å²) < 4.78 is 1.53. The summed E-state index contributed by atoms with van der Waals surface area (Å²) in [4.78, 5) is 12.3. The average Bonchev–Trinajstić information content (AvgIpc) is 3.02. The third-order valence-corrected chi connectivity index (χ3v) is 4.33. The monoisotopic (exact) mass is 280 g/mol.